The van der Waals surface area contributed by atoms with Gasteiger partial charge in [0.25, 0.3) is 0 Å². The van der Waals surface area contributed by atoms with E-state index in [1.807, 2.05) is 31.2 Å². The van der Waals surface area contributed by atoms with E-state index in [1.54, 1.807) is 19.4 Å². The summed E-state index contributed by atoms with van der Waals surface area (Å²) in [7, 11) is 1.61. The van der Waals surface area contributed by atoms with Crippen molar-refractivity contribution in [2.75, 3.05) is 7.11 Å². The maximum absolute atomic E-state index is 12.5. The predicted molar refractivity (Wildman–Crippen MR) is 90.2 cm³/mol. The third-order valence-corrected chi connectivity index (χ3v) is 5.33. The SMILES string of the molecule is COC1(c2cccc(-c3cn[nH]c3C)n2)C=C(C#N)C(=O)C2(CC2)C1. The number of nitrogens with zero attached hydrogens (tertiary/aromatic N) is 3. The van der Waals surface area contributed by atoms with Crippen LogP contribution in [0.15, 0.2) is 36.0 Å². The largest absolute Gasteiger partial charge is 0.368 e. The summed E-state index contributed by atoms with van der Waals surface area (Å²) in [6.45, 7) is 1.94. The third kappa shape index (κ3) is 2.31. The van der Waals surface area contributed by atoms with Crippen LogP contribution in [0.25, 0.3) is 11.3 Å². The molecule has 25 heavy (non-hydrogen) atoms. The Morgan fingerprint density at radius 2 is 2.16 bits per heavy atom. The number of Topliss-reactive ketones (excluding diaryl/α,β-unsaturated/α-hetero) is 1. The number of aryl methyl sites for hydroxylation is 1. The summed E-state index contributed by atoms with van der Waals surface area (Å²) in [5.41, 5.74) is 2.21. The zero-order chi connectivity index (χ0) is 17.7. The van der Waals surface area contributed by atoms with Crippen LogP contribution in [0.5, 0.6) is 0 Å². The van der Waals surface area contributed by atoms with Gasteiger partial charge in [-0.05, 0) is 44.4 Å². The lowest BCUT2D eigenvalue weighted by Gasteiger charge is -2.36. The molecule has 1 N–H and O–H groups in total. The van der Waals surface area contributed by atoms with Gasteiger partial charge in [-0.3, -0.25) is 9.89 Å². The van der Waals surface area contributed by atoms with Crippen molar-refractivity contribution >= 4 is 5.78 Å². The van der Waals surface area contributed by atoms with E-state index in [2.05, 4.69) is 10.2 Å². The molecule has 126 valence electrons. The Bertz CT molecular complexity index is 933. The van der Waals surface area contributed by atoms with Crippen LogP contribution in [-0.2, 0) is 15.1 Å². The topological polar surface area (TPSA) is 91.7 Å². The fourth-order valence-electron chi connectivity index (χ4n) is 3.69. The smallest absolute Gasteiger partial charge is 0.179 e. The Hall–Kier alpha value is -2.78. The van der Waals surface area contributed by atoms with Gasteiger partial charge in [0.2, 0.25) is 0 Å². The molecule has 6 heteroatoms. The zero-order valence-electron chi connectivity index (χ0n) is 14.2. The van der Waals surface area contributed by atoms with E-state index in [-0.39, 0.29) is 11.4 Å². The first kappa shape index (κ1) is 15.7. The van der Waals surface area contributed by atoms with Crippen molar-refractivity contribution in [3.05, 3.63) is 47.4 Å². The lowest BCUT2D eigenvalue weighted by atomic mass is 9.74. The summed E-state index contributed by atoms with van der Waals surface area (Å²) in [6.07, 6.45) is 5.52. The highest BCUT2D eigenvalue weighted by molar-refractivity contribution is 6.06. The molecule has 0 aromatic carbocycles. The van der Waals surface area contributed by atoms with Crippen LogP contribution in [-0.4, -0.2) is 28.1 Å². The van der Waals surface area contributed by atoms with Gasteiger partial charge < -0.3 is 4.74 Å². The van der Waals surface area contributed by atoms with Crippen molar-refractivity contribution < 1.29 is 9.53 Å². The van der Waals surface area contributed by atoms with E-state index in [0.717, 1.165) is 29.8 Å². The second kappa shape index (κ2) is 5.36. The lowest BCUT2D eigenvalue weighted by Crippen LogP contribution is -2.39. The highest BCUT2D eigenvalue weighted by Crippen LogP contribution is 2.58. The lowest BCUT2D eigenvalue weighted by molar-refractivity contribution is -0.124. The first-order chi connectivity index (χ1) is 12.0. The fourth-order valence-corrected chi connectivity index (χ4v) is 3.69. The van der Waals surface area contributed by atoms with Crippen molar-refractivity contribution in [1.82, 2.24) is 15.2 Å². The molecule has 2 aliphatic carbocycles. The molecule has 2 aromatic heterocycles. The van der Waals surface area contributed by atoms with Gasteiger partial charge in [-0.15, -0.1) is 0 Å². The maximum atomic E-state index is 12.5. The van der Waals surface area contributed by atoms with Crippen LogP contribution >= 0.6 is 0 Å². The molecule has 1 atom stereocenters. The Labute approximate surface area is 145 Å². The minimum atomic E-state index is -0.858. The van der Waals surface area contributed by atoms with Crippen molar-refractivity contribution in [2.45, 2.75) is 31.8 Å². The molecule has 1 unspecified atom stereocenters. The number of carbonyl (C=O) groups is 1. The fraction of sp³-hybridized carbons (Fsp3) is 0.368. The van der Waals surface area contributed by atoms with E-state index < -0.39 is 11.0 Å². The molecular formula is C19H18N4O2. The molecule has 1 fully saturated rings. The highest BCUT2D eigenvalue weighted by atomic mass is 16.5. The molecule has 2 heterocycles. The standard InChI is InChI=1S/C19H18N4O2/c1-12-14(10-21-23-12)15-4-3-5-16(22-15)19(25-2)8-13(9-20)17(24)18(11-19)6-7-18/h3-5,8,10H,6-7,11H2,1-2H3,(H,21,23). The van der Waals surface area contributed by atoms with Crippen LogP contribution < -0.4 is 0 Å². The predicted octanol–water partition coefficient (Wildman–Crippen LogP) is 2.82. The number of nitriles is 1. The summed E-state index contributed by atoms with van der Waals surface area (Å²) in [5.74, 6) is -0.0514. The third-order valence-electron chi connectivity index (χ3n) is 5.33. The summed E-state index contributed by atoms with van der Waals surface area (Å²) in [5, 5.41) is 16.4. The van der Waals surface area contributed by atoms with Gasteiger partial charge in [-0.1, -0.05) is 6.07 Å². The number of hydrogen-bond donors (Lipinski definition) is 1. The van der Waals surface area contributed by atoms with Crippen molar-refractivity contribution in [1.29, 1.82) is 5.26 Å². The first-order valence-electron chi connectivity index (χ1n) is 8.24. The Balaban J connectivity index is 1.85. The molecular weight excluding hydrogens is 316 g/mol. The number of allylic oxidation sites excluding steroid dienone is 1. The van der Waals surface area contributed by atoms with Crippen LogP contribution in [0.1, 0.15) is 30.7 Å². The summed E-state index contributed by atoms with van der Waals surface area (Å²) < 4.78 is 5.86. The van der Waals surface area contributed by atoms with Crippen molar-refractivity contribution in [2.24, 2.45) is 5.41 Å². The molecule has 2 aliphatic rings. The monoisotopic (exact) mass is 334 g/mol. The number of carbonyl (C=O) groups excluding carboxylic acids is 1. The number of ether oxygens (including phenoxy) is 1. The molecule has 0 amide bonds. The van der Waals surface area contributed by atoms with Gasteiger partial charge in [-0.25, -0.2) is 4.98 Å². The van der Waals surface area contributed by atoms with Gasteiger partial charge in [0.05, 0.1) is 23.2 Å². The van der Waals surface area contributed by atoms with Crippen molar-refractivity contribution in [3.63, 3.8) is 0 Å². The molecule has 6 nitrogen and oxygen atoms in total. The van der Waals surface area contributed by atoms with Gasteiger partial charge in [0, 0.05) is 23.8 Å². The normalized spacial score (nSPS) is 24.0. The summed E-state index contributed by atoms with van der Waals surface area (Å²) in [4.78, 5) is 17.3. The van der Waals surface area contributed by atoms with Gasteiger partial charge in [-0.2, -0.15) is 10.4 Å². The molecule has 1 saturated carbocycles. The number of methoxy groups -OCH3 is 1. The van der Waals surface area contributed by atoms with E-state index in [0.29, 0.717) is 12.1 Å². The molecule has 0 bridgehead atoms. The van der Waals surface area contributed by atoms with E-state index >= 15 is 0 Å². The number of rotatable bonds is 3. The van der Waals surface area contributed by atoms with E-state index in [9.17, 15) is 10.1 Å². The van der Waals surface area contributed by atoms with E-state index in [4.69, 9.17) is 9.72 Å². The summed E-state index contributed by atoms with van der Waals surface area (Å²) in [6, 6.07) is 7.77. The Morgan fingerprint density at radius 1 is 1.36 bits per heavy atom. The average Bonchev–Trinajstić information content (AvgIpc) is 3.28. The van der Waals surface area contributed by atoms with Gasteiger partial charge in [0.15, 0.2) is 5.78 Å². The van der Waals surface area contributed by atoms with Crippen LogP contribution in [0, 0.1) is 23.7 Å². The van der Waals surface area contributed by atoms with Crippen LogP contribution in [0.2, 0.25) is 0 Å². The van der Waals surface area contributed by atoms with Gasteiger partial charge in [0.1, 0.15) is 11.7 Å². The second-order valence-corrected chi connectivity index (χ2v) is 6.87. The molecule has 0 aliphatic heterocycles. The average molecular weight is 334 g/mol. The quantitative estimate of drug-likeness (QED) is 0.932. The number of aromatic amines is 1. The Kier molecular flexibility index (Phi) is 3.37. The number of nitrogens with one attached hydrogen (secondary N) is 1. The number of ketones is 1. The maximum Gasteiger partial charge on any atom is 0.179 e. The number of H-pyrrole nitrogens is 1. The molecule has 1 spiro atoms. The zero-order valence-corrected chi connectivity index (χ0v) is 14.2. The van der Waals surface area contributed by atoms with Crippen LogP contribution in [0.3, 0.4) is 0 Å². The molecule has 0 radical (unpaired) electrons. The minimum absolute atomic E-state index is 0.0514. The second-order valence-electron chi connectivity index (χ2n) is 6.87. The van der Waals surface area contributed by atoms with Crippen LogP contribution in [0.4, 0.5) is 0 Å². The van der Waals surface area contributed by atoms with E-state index in [1.165, 1.54) is 0 Å². The number of aromatic nitrogens is 3. The van der Waals surface area contributed by atoms with Gasteiger partial charge >= 0.3 is 0 Å². The summed E-state index contributed by atoms with van der Waals surface area (Å²) >= 11 is 0. The number of pyridine rings is 1. The minimum Gasteiger partial charge on any atom is -0.368 e. The first-order valence-corrected chi connectivity index (χ1v) is 8.24. The van der Waals surface area contributed by atoms with Crippen molar-refractivity contribution in [3.8, 4) is 17.3 Å². The molecule has 2 aromatic rings. The number of hydrogen-bond acceptors (Lipinski definition) is 5. The highest BCUT2D eigenvalue weighted by Gasteiger charge is 2.58. The Morgan fingerprint density at radius 3 is 2.76 bits per heavy atom. The molecule has 4 rings (SSSR count). The molecule has 0 saturated heterocycles.